The van der Waals surface area contributed by atoms with Crippen molar-refractivity contribution in [3.8, 4) is 5.75 Å². The molecule has 0 bridgehead atoms. The quantitative estimate of drug-likeness (QED) is 0.767. The van der Waals surface area contributed by atoms with Crippen LogP contribution in [0.4, 0.5) is 0 Å². The lowest BCUT2D eigenvalue weighted by molar-refractivity contribution is 0.415. The van der Waals surface area contributed by atoms with Crippen molar-refractivity contribution >= 4 is 26.7 Å². The molecule has 2 heteroatoms. The van der Waals surface area contributed by atoms with Crippen molar-refractivity contribution < 1.29 is 4.74 Å². The molecule has 2 aromatic carbocycles. The van der Waals surface area contributed by atoms with Crippen molar-refractivity contribution in [2.24, 2.45) is 0 Å². The summed E-state index contributed by atoms with van der Waals surface area (Å²) in [5.74, 6) is 1.01. The zero-order valence-electron chi connectivity index (χ0n) is 8.66. The maximum atomic E-state index is 5.49. The van der Waals surface area contributed by atoms with Crippen molar-refractivity contribution in [3.63, 3.8) is 0 Å². The number of methoxy groups -OCH3 is 1. The largest absolute Gasteiger partial charge is 0.496 e. The van der Waals surface area contributed by atoms with Crippen molar-refractivity contribution in [3.05, 3.63) is 42.0 Å². The van der Waals surface area contributed by atoms with Gasteiger partial charge >= 0.3 is 0 Å². The highest BCUT2D eigenvalue weighted by atomic mass is 79.9. The number of hydrogen-bond acceptors (Lipinski definition) is 1. The van der Waals surface area contributed by atoms with E-state index >= 15 is 0 Å². The second-order valence-electron chi connectivity index (χ2n) is 3.42. The predicted octanol–water partition coefficient (Wildman–Crippen LogP) is 3.79. The normalized spacial score (nSPS) is 10.5. The zero-order valence-corrected chi connectivity index (χ0v) is 10.3. The Balaban J connectivity index is 2.64. The maximum absolute atomic E-state index is 5.49. The summed E-state index contributed by atoms with van der Waals surface area (Å²) in [5, 5.41) is 3.38. The number of rotatable bonds is 3. The lowest BCUT2D eigenvalue weighted by atomic mass is 10.0. The van der Waals surface area contributed by atoms with Crippen molar-refractivity contribution in [2.75, 3.05) is 12.4 Å². The Morgan fingerprint density at radius 3 is 2.67 bits per heavy atom. The number of alkyl halides is 1. The summed E-state index contributed by atoms with van der Waals surface area (Å²) >= 11 is 3.46. The highest BCUT2D eigenvalue weighted by Crippen LogP contribution is 2.30. The number of aryl methyl sites for hydroxylation is 1. The molecule has 0 aliphatic heterocycles. The summed E-state index contributed by atoms with van der Waals surface area (Å²) in [6.45, 7) is 0. The second kappa shape index (κ2) is 4.67. The minimum absolute atomic E-state index is 0.960. The summed E-state index contributed by atoms with van der Waals surface area (Å²) in [6, 6.07) is 12.6. The standard InChI is InChI=1S/C13H13BrO/c1-15-13-11(8-9-14)7-6-10-4-2-3-5-12(10)13/h2-7H,8-9H2,1H3. The Labute approximate surface area is 98.2 Å². The molecule has 0 spiro atoms. The van der Waals surface area contributed by atoms with Gasteiger partial charge in [-0.25, -0.2) is 0 Å². The fourth-order valence-corrected chi connectivity index (χ4v) is 2.26. The van der Waals surface area contributed by atoms with E-state index in [2.05, 4.69) is 40.2 Å². The Bertz CT molecular complexity index is 465. The Hall–Kier alpha value is -1.02. The van der Waals surface area contributed by atoms with E-state index in [9.17, 15) is 0 Å². The van der Waals surface area contributed by atoms with Crippen LogP contribution in [0.25, 0.3) is 10.8 Å². The zero-order chi connectivity index (χ0) is 10.7. The highest BCUT2D eigenvalue weighted by molar-refractivity contribution is 9.09. The number of hydrogen-bond donors (Lipinski definition) is 0. The van der Waals surface area contributed by atoms with Gasteiger partial charge in [0.15, 0.2) is 0 Å². The van der Waals surface area contributed by atoms with Gasteiger partial charge in [-0.3, -0.25) is 0 Å². The summed E-state index contributed by atoms with van der Waals surface area (Å²) < 4.78 is 5.49. The summed E-state index contributed by atoms with van der Waals surface area (Å²) in [6.07, 6.45) is 0.994. The van der Waals surface area contributed by atoms with E-state index in [0.717, 1.165) is 17.5 Å². The Morgan fingerprint density at radius 1 is 1.13 bits per heavy atom. The molecule has 0 aliphatic carbocycles. The van der Waals surface area contributed by atoms with E-state index in [1.165, 1.54) is 16.3 Å². The molecule has 0 radical (unpaired) electrons. The molecule has 0 saturated heterocycles. The van der Waals surface area contributed by atoms with Crippen LogP contribution in [0.1, 0.15) is 5.56 Å². The minimum Gasteiger partial charge on any atom is -0.496 e. The van der Waals surface area contributed by atoms with Gasteiger partial charge in [0, 0.05) is 10.7 Å². The SMILES string of the molecule is COc1c(CCBr)ccc2ccccc12. The number of ether oxygens (including phenoxy) is 1. The van der Waals surface area contributed by atoms with Gasteiger partial charge in [0.2, 0.25) is 0 Å². The molecule has 1 nitrogen and oxygen atoms in total. The second-order valence-corrected chi connectivity index (χ2v) is 4.21. The van der Waals surface area contributed by atoms with Gasteiger partial charge in [0.05, 0.1) is 7.11 Å². The molecule has 0 N–H and O–H groups in total. The first-order valence-corrected chi connectivity index (χ1v) is 6.09. The van der Waals surface area contributed by atoms with Crippen molar-refractivity contribution in [2.45, 2.75) is 6.42 Å². The lowest BCUT2D eigenvalue weighted by Crippen LogP contribution is -1.94. The van der Waals surface area contributed by atoms with Gasteiger partial charge in [0.25, 0.3) is 0 Å². The number of benzene rings is 2. The number of halogens is 1. The van der Waals surface area contributed by atoms with Gasteiger partial charge < -0.3 is 4.74 Å². The van der Waals surface area contributed by atoms with Gasteiger partial charge in [-0.15, -0.1) is 0 Å². The van der Waals surface area contributed by atoms with Crippen LogP contribution >= 0.6 is 15.9 Å². The first-order chi connectivity index (χ1) is 7.36. The van der Waals surface area contributed by atoms with E-state index < -0.39 is 0 Å². The average molecular weight is 265 g/mol. The lowest BCUT2D eigenvalue weighted by Gasteiger charge is -2.10. The molecule has 2 rings (SSSR count). The van der Waals surface area contributed by atoms with E-state index in [4.69, 9.17) is 4.74 Å². The average Bonchev–Trinajstić information content (AvgIpc) is 2.29. The summed E-state index contributed by atoms with van der Waals surface area (Å²) in [5.41, 5.74) is 1.26. The third kappa shape index (κ3) is 2.00. The summed E-state index contributed by atoms with van der Waals surface area (Å²) in [4.78, 5) is 0. The molecule has 2 aromatic rings. The molecule has 0 aliphatic rings. The Kier molecular flexibility index (Phi) is 3.27. The molecule has 0 fully saturated rings. The van der Waals surface area contributed by atoms with Gasteiger partial charge in [-0.05, 0) is 17.4 Å². The van der Waals surface area contributed by atoms with Crippen molar-refractivity contribution in [1.82, 2.24) is 0 Å². The predicted molar refractivity (Wildman–Crippen MR) is 68.0 cm³/mol. The maximum Gasteiger partial charge on any atom is 0.129 e. The molecule has 0 aromatic heterocycles. The van der Waals surface area contributed by atoms with Crippen LogP contribution in [-0.2, 0) is 6.42 Å². The molecule has 0 saturated carbocycles. The van der Waals surface area contributed by atoms with E-state index in [1.54, 1.807) is 7.11 Å². The number of fused-ring (bicyclic) bond motifs is 1. The van der Waals surface area contributed by atoms with Crippen LogP contribution in [0, 0.1) is 0 Å². The molecule has 0 amide bonds. The van der Waals surface area contributed by atoms with Gasteiger partial charge in [-0.1, -0.05) is 52.3 Å². The van der Waals surface area contributed by atoms with Crippen LogP contribution in [0.15, 0.2) is 36.4 Å². The van der Waals surface area contributed by atoms with Crippen molar-refractivity contribution in [1.29, 1.82) is 0 Å². The molecule has 0 atom stereocenters. The van der Waals surface area contributed by atoms with Gasteiger partial charge in [0.1, 0.15) is 5.75 Å². The monoisotopic (exact) mass is 264 g/mol. The molecular weight excluding hydrogens is 252 g/mol. The fraction of sp³-hybridized carbons (Fsp3) is 0.231. The smallest absolute Gasteiger partial charge is 0.129 e. The van der Waals surface area contributed by atoms with Crippen LogP contribution in [0.2, 0.25) is 0 Å². The molecule has 0 heterocycles. The molecule has 15 heavy (non-hydrogen) atoms. The third-order valence-electron chi connectivity index (χ3n) is 2.53. The first-order valence-electron chi connectivity index (χ1n) is 4.97. The minimum atomic E-state index is 0.960. The van der Waals surface area contributed by atoms with Gasteiger partial charge in [-0.2, -0.15) is 0 Å². The van der Waals surface area contributed by atoms with E-state index in [-0.39, 0.29) is 0 Å². The first kappa shape index (κ1) is 10.5. The molecular formula is C13H13BrO. The fourth-order valence-electron chi connectivity index (χ4n) is 1.83. The molecule has 78 valence electrons. The highest BCUT2D eigenvalue weighted by Gasteiger charge is 2.06. The van der Waals surface area contributed by atoms with Crippen LogP contribution in [-0.4, -0.2) is 12.4 Å². The van der Waals surface area contributed by atoms with Crippen LogP contribution < -0.4 is 4.74 Å². The Morgan fingerprint density at radius 2 is 1.93 bits per heavy atom. The van der Waals surface area contributed by atoms with E-state index in [1.807, 2.05) is 12.1 Å². The topological polar surface area (TPSA) is 9.23 Å². The molecule has 0 unspecified atom stereocenters. The third-order valence-corrected chi connectivity index (χ3v) is 2.93. The van der Waals surface area contributed by atoms with Crippen LogP contribution in [0.3, 0.4) is 0 Å². The van der Waals surface area contributed by atoms with E-state index in [0.29, 0.717) is 0 Å². The van der Waals surface area contributed by atoms with Crippen LogP contribution in [0.5, 0.6) is 5.75 Å². The summed E-state index contributed by atoms with van der Waals surface area (Å²) in [7, 11) is 1.74.